The topological polar surface area (TPSA) is 53.2 Å². The summed E-state index contributed by atoms with van der Waals surface area (Å²) in [5, 5.41) is 18.2. The van der Waals surface area contributed by atoms with Crippen molar-refractivity contribution in [2.75, 3.05) is 7.11 Å². The van der Waals surface area contributed by atoms with Crippen LogP contribution in [0.2, 0.25) is 0 Å². The molecule has 0 saturated carbocycles. The zero-order valence-electron chi connectivity index (χ0n) is 8.53. The van der Waals surface area contributed by atoms with Gasteiger partial charge in [0.05, 0.1) is 18.6 Å². The van der Waals surface area contributed by atoms with E-state index in [4.69, 9.17) is 10.00 Å². The van der Waals surface area contributed by atoms with Crippen molar-refractivity contribution in [2.24, 2.45) is 0 Å². The van der Waals surface area contributed by atoms with E-state index in [1.54, 1.807) is 12.1 Å². The monoisotopic (exact) mass is 191 g/mol. The summed E-state index contributed by atoms with van der Waals surface area (Å²) in [5.41, 5.74) is 0.166. The van der Waals surface area contributed by atoms with Crippen LogP contribution in [0.25, 0.3) is 0 Å². The maximum absolute atomic E-state index is 9.24. The van der Waals surface area contributed by atoms with Crippen LogP contribution in [0, 0.1) is 11.3 Å². The number of nitriles is 1. The van der Waals surface area contributed by atoms with Crippen LogP contribution < -0.4 is 4.74 Å². The second-order valence-corrected chi connectivity index (χ2v) is 3.62. The molecule has 0 unspecified atom stereocenters. The zero-order chi connectivity index (χ0) is 10.8. The molecule has 0 radical (unpaired) electrons. The fourth-order valence-corrected chi connectivity index (χ4v) is 1.26. The SMILES string of the molecule is COc1cc(O)ccc1C(C)(C)C#N. The summed E-state index contributed by atoms with van der Waals surface area (Å²) < 4.78 is 5.10. The molecular formula is C11H13NO2. The molecule has 0 amide bonds. The largest absolute Gasteiger partial charge is 0.508 e. The van der Waals surface area contributed by atoms with Gasteiger partial charge in [-0.05, 0) is 19.9 Å². The molecule has 0 spiro atoms. The Balaban J connectivity index is 3.29. The van der Waals surface area contributed by atoms with E-state index in [1.807, 2.05) is 13.8 Å². The van der Waals surface area contributed by atoms with Crippen LogP contribution in [0.15, 0.2) is 18.2 Å². The summed E-state index contributed by atoms with van der Waals surface area (Å²) in [6, 6.07) is 6.96. The number of ether oxygens (including phenoxy) is 1. The lowest BCUT2D eigenvalue weighted by atomic mass is 9.85. The number of hydrogen-bond acceptors (Lipinski definition) is 3. The Morgan fingerprint density at radius 1 is 1.43 bits per heavy atom. The highest BCUT2D eigenvalue weighted by molar-refractivity contribution is 5.46. The van der Waals surface area contributed by atoms with Crippen LogP contribution in [-0.2, 0) is 5.41 Å². The van der Waals surface area contributed by atoms with Crippen LogP contribution in [-0.4, -0.2) is 12.2 Å². The summed E-state index contributed by atoms with van der Waals surface area (Å²) in [6.07, 6.45) is 0. The highest BCUT2D eigenvalue weighted by atomic mass is 16.5. The number of methoxy groups -OCH3 is 1. The van der Waals surface area contributed by atoms with Crippen LogP contribution in [0.5, 0.6) is 11.5 Å². The molecule has 0 aliphatic carbocycles. The number of nitrogens with zero attached hydrogens (tertiary/aromatic N) is 1. The fourth-order valence-electron chi connectivity index (χ4n) is 1.26. The van der Waals surface area contributed by atoms with E-state index in [0.29, 0.717) is 5.75 Å². The van der Waals surface area contributed by atoms with E-state index in [-0.39, 0.29) is 5.75 Å². The van der Waals surface area contributed by atoms with Crippen molar-refractivity contribution in [3.8, 4) is 17.6 Å². The molecule has 74 valence electrons. The van der Waals surface area contributed by atoms with Gasteiger partial charge in [0.25, 0.3) is 0 Å². The normalized spacial score (nSPS) is 10.7. The lowest BCUT2D eigenvalue weighted by Crippen LogP contribution is -2.15. The van der Waals surface area contributed by atoms with Crippen LogP contribution in [0.3, 0.4) is 0 Å². The lowest BCUT2D eigenvalue weighted by Gasteiger charge is -2.19. The molecule has 0 saturated heterocycles. The molecule has 1 N–H and O–H groups in total. The predicted octanol–water partition coefficient (Wildman–Crippen LogP) is 2.20. The smallest absolute Gasteiger partial charge is 0.127 e. The minimum Gasteiger partial charge on any atom is -0.508 e. The van der Waals surface area contributed by atoms with Gasteiger partial charge in [-0.3, -0.25) is 0 Å². The van der Waals surface area contributed by atoms with Crippen LogP contribution in [0.4, 0.5) is 0 Å². The molecule has 1 aromatic carbocycles. The van der Waals surface area contributed by atoms with Gasteiger partial charge < -0.3 is 9.84 Å². The van der Waals surface area contributed by atoms with Crippen molar-refractivity contribution >= 4 is 0 Å². The fraction of sp³-hybridized carbons (Fsp3) is 0.364. The van der Waals surface area contributed by atoms with E-state index in [9.17, 15) is 5.11 Å². The first-order valence-electron chi connectivity index (χ1n) is 4.30. The van der Waals surface area contributed by atoms with Crippen LogP contribution in [0.1, 0.15) is 19.4 Å². The van der Waals surface area contributed by atoms with Crippen molar-refractivity contribution in [1.29, 1.82) is 5.26 Å². The first-order valence-corrected chi connectivity index (χ1v) is 4.30. The molecule has 0 aliphatic rings. The third kappa shape index (κ3) is 1.80. The number of phenols is 1. The van der Waals surface area contributed by atoms with Gasteiger partial charge in [-0.15, -0.1) is 0 Å². The third-order valence-corrected chi connectivity index (χ3v) is 2.14. The zero-order valence-corrected chi connectivity index (χ0v) is 8.53. The molecule has 1 aromatic rings. The molecule has 0 fully saturated rings. The van der Waals surface area contributed by atoms with Crippen molar-refractivity contribution in [1.82, 2.24) is 0 Å². The van der Waals surface area contributed by atoms with Gasteiger partial charge in [0.1, 0.15) is 11.5 Å². The van der Waals surface area contributed by atoms with E-state index < -0.39 is 5.41 Å². The highest BCUT2D eigenvalue weighted by Crippen LogP contribution is 2.33. The van der Waals surface area contributed by atoms with Gasteiger partial charge in [-0.25, -0.2) is 0 Å². The third-order valence-electron chi connectivity index (χ3n) is 2.14. The van der Waals surface area contributed by atoms with Gasteiger partial charge in [-0.1, -0.05) is 6.07 Å². The minimum atomic E-state index is -0.612. The summed E-state index contributed by atoms with van der Waals surface area (Å²) in [4.78, 5) is 0. The molecular weight excluding hydrogens is 178 g/mol. The van der Waals surface area contributed by atoms with Crippen molar-refractivity contribution < 1.29 is 9.84 Å². The van der Waals surface area contributed by atoms with Gasteiger partial charge in [0.2, 0.25) is 0 Å². The molecule has 3 heteroatoms. The molecule has 14 heavy (non-hydrogen) atoms. The lowest BCUT2D eigenvalue weighted by molar-refractivity contribution is 0.396. The Hall–Kier alpha value is -1.69. The van der Waals surface area contributed by atoms with E-state index in [2.05, 4.69) is 6.07 Å². The van der Waals surface area contributed by atoms with Crippen molar-refractivity contribution in [3.63, 3.8) is 0 Å². The summed E-state index contributed by atoms with van der Waals surface area (Å²) in [5.74, 6) is 0.677. The quantitative estimate of drug-likeness (QED) is 0.779. The molecule has 1 rings (SSSR count). The van der Waals surface area contributed by atoms with Crippen LogP contribution >= 0.6 is 0 Å². The molecule has 0 atom stereocenters. The summed E-state index contributed by atoms with van der Waals surface area (Å²) >= 11 is 0. The van der Waals surface area contributed by atoms with E-state index in [1.165, 1.54) is 13.2 Å². The Morgan fingerprint density at radius 3 is 2.57 bits per heavy atom. The maximum atomic E-state index is 9.24. The summed E-state index contributed by atoms with van der Waals surface area (Å²) in [6.45, 7) is 3.61. The number of aromatic hydroxyl groups is 1. The van der Waals surface area contributed by atoms with E-state index in [0.717, 1.165) is 5.56 Å². The van der Waals surface area contributed by atoms with Gasteiger partial charge in [0, 0.05) is 11.6 Å². The molecule has 0 heterocycles. The van der Waals surface area contributed by atoms with Gasteiger partial charge >= 0.3 is 0 Å². The number of phenolic OH excluding ortho intramolecular Hbond substituents is 1. The Bertz CT molecular complexity index is 377. The molecule has 0 aromatic heterocycles. The first-order chi connectivity index (χ1) is 6.51. The summed E-state index contributed by atoms with van der Waals surface area (Å²) in [7, 11) is 1.52. The Morgan fingerprint density at radius 2 is 2.07 bits per heavy atom. The average molecular weight is 191 g/mol. The standard InChI is InChI=1S/C11H13NO2/c1-11(2,7-12)9-5-4-8(13)6-10(9)14-3/h4-6,13H,1-3H3. The second-order valence-electron chi connectivity index (χ2n) is 3.62. The highest BCUT2D eigenvalue weighted by Gasteiger charge is 2.23. The van der Waals surface area contributed by atoms with Crippen molar-refractivity contribution in [2.45, 2.75) is 19.3 Å². The second kappa shape index (κ2) is 3.59. The predicted molar refractivity (Wildman–Crippen MR) is 53.3 cm³/mol. The maximum Gasteiger partial charge on any atom is 0.127 e. The van der Waals surface area contributed by atoms with Gasteiger partial charge in [0.15, 0.2) is 0 Å². The number of hydrogen-bond donors (Lipinski definition) is 1. The first kappa shape index (κ1) is 10.4. The van der Waals surface area contributed by atoms with E-state index >= 15 is 0 Å². The Labute approximate surface area is 83.6 Å². The number of benzene rings is 1. The van der Waals surface area contributed by atoms with Gasteiger partial charge in [-0.2, -0.15) is 5.26 Å². The minimum absolute atomic E-state index is 0.138. The molecule has 3 nitrogen and oxygen atoms in total. The Kier molecular flexibility index (Phi) is 2.66. The average Bonchev–Trinajstić information content (AvgIpc) is 2.17. The number of rotatable bonds is 2. The molecule has 0 aliphatic heterocycles. The van der Waals surface area contributed by atoms with Crippen molar-refractivity contribution in [3.05, 3.63) is 23.8 Å². The molecule has 0 bridgehead atoms.